The standard InChI is InChI=1S/C8H19NO3S/c1-7(2)5-3-4-6-8(9)13(10,11)12/h7-8H,3-6,9H2,1-2H3,(H,10,11,12). The summed E-state index contributed by atoms with van der Waals surface area (Å²) in [4.78, 5) is 0. The lowest BCUT2D eigenvalue weighted by molar-refractivity contribution is 0.454. The van der Waals surface area contributed by atoms with Gasteiger partial charge in [-0.25, -0.2) is 0 Å². The van der Waals surface area contributed by atoms with E-state index in [2.05, 4.69) is 13.8 Å². The zero-order chi connectivity index (χ0) is 10.5. The fraction of sp³-hybridized carbons (Fsp3) is 1.00. The second-order valence-electron chi connectivity index (χ2n) is 3.73. The SMILES string of the molecule is CC(C)CCCCC(N)S(=O)(=O)O. The van der Waals surface area contributed by atoms with Gasteiger partial charge in [0.1, 0.15) is 5.37 Å². The molecule has 13 heavy (non-hydrogen) atoms. The third kappa shape index (κ3) is 6.98. The van der Waals surface area contributed by atoms with Crippen molar-refractivity contribution in [1.29, 1.82) is 0 Å². The fourth-order valence-corrected chi connectivity index (χ4v) is 1.51. The highest BCUT2D eigenvalue weighted by Gasteiger charge is 2.16. The van der Waals surface area contributed by atoms with Gasteiger partial charge in [-0.2, -0.15) is 8.42 Å². The van der Waals surface area contributed by atoms with Gasteiger partial charge in [0.05, 0.1) is 0 Å². The van der Waals surface area contributed by atoms with Crippen molar-refractivity contribution in [3.8, 4) is 0 Å². The molecule has 0 aromatic rings. The first-order chi connectivity index (χ1) is 5.84. The van der Waals surface area contributed by atoms with Gasteiger partial charge >= 0.3 is 0 Å². The minimum Gasteiger partial charge on any atom is -0.313 e. The summed E-state index contributed by atoms with van der Waals surface area (Å²) in [6.45, 7) is 4.23. The van der Waals surface area contributed by atoms with Crippen LogP contribution in [0.25, 0.3) is 0 Å². The Labute approximate surface area is 80.3 Å². The first-order valence-electron chi connectivity index (χ1n) is 4.56. The highest BCUT2D eigenvalue weighted by Crippen LogP contribution is 2.10. The molecule has 0 radical (unpaired) electrons. The topological polar surface area (TPSA) is 80.4 Å². The summed E-state index contributed by atoms with van der Waals surface area (Å²) in [6.07, 6.45) is 3.11. The van der Waals surface area contributed by atoms with Crippen LogP contribution in [0.5, 0.6) is 0 Å². The van der Waals surface area contributed by atoms with Crippen LogP contribution in [-0.4, -0.2) is 18.3 Å². The minimum atomic E-state index is -4.03. The van der Waals surface area contributed by atoms with E-state index in [0.717, 1.165) is 19.3 Å². The van der Waals surface area contributed by atoms with Crippen LogP contribution >= 0.6 is 0 Å². The van der Waals surface area contributed by atoms with Crippen LogP contribution in [-0.2, 0) is 10.1 Å². The minimum absolute atomic E-state index is 0.339. The van der Waals surface area contributed by atoms with Crippen molar-refractivity contribution in [3.63, 3.8) is 0 Å². The molecule has 5 heteroatoms. The van der Waals surface area contributed by atoms with E-state index in [9.17, 15) is 8.42 Å². The lowest BCUT2D eigenvalue weighted by Crippen LogP contribution is -2.29. The van der Waals surface area contributed by atoms with Gasteiger partial charge in [0.25, 0.3) is 10.1 Å². The zero-order valence-corrected chi connectivity index (χ0v) is 9.05. The van der Waals surface area contributed by atoms with Gasteiger partial charge in [-0.1, -0.05) is 33.1 Å². The molecule has 1 unspecified atom stereocenters. The summed E-state index contributed by atoms with van der Waals surface area (Å²) in [7, 11) is -4.03. The smallest absolute Gasteiger partial charge is 0.280 e. The Kier molecular flexibility index (Phi) is 5.51. The molecular weight excluding hydrogens is 190 g/mol. The second kappa shape index (κ2) is 5.57. The van der Waals surface area contributed by atoms with Gasteiger partial charge in [0, 0.05) is 0 Å². The summed E-state index contributed by atoms with van der Waals surface area (Å²) in [5, 5.41) is -1.11. The lowest BCUT2D eigenvalue weighted by Gasteiger charge is -2.08. The van der Waals surface area contributed by atoms with Crippen molar-refractivity contribution in [2.75, 3.05) is 0 Å². The monoisotopic (exact) mass is 209 g/mol. The third-order valence-corrected chi connectivity index (χ3v) is 2.90. The molecule has 0 fully saturated rings. The van der Waals surface area contributed by atoms with Crippen LogP contribution in [0.4, 0.5) is 0 Å². The van der Waals surface area contributed by atoms with Crippen molar-refractivity contribution in [3.05, 3.63) is 0 Å². The Morgan fingerprint density at radius 3 is 2.08 bits per heavy atom. The van der Waals surface area contributed by atoms with E-state index in [1.807, 2.05) is 0 Å². The van der Waals surface area contributed by atoms with Crippen LogP contribution in [0.3, 0.4) is 0 Å². The summed E-state index contributed by atoms with van der Waals surface area (Å²) in [5.41, 5.74) is 5.23. The maximum Gasteiger partial charge on any atom is 0.280 e. The third-order valence-electron chi connectivity index (χ3n) is 1.90. The molecule has 0 amide bonds. The number of hydrogen-bond acceptors (Lipinski definition) is 3. The molecule has 0 aromatic heterocycles. The molecule has 4 nitrogen and oxygen atoms in total. The lowest BCUT2D eigenvalue weighted by atomic mass is 10.1. The molecule has 3 N–H and O–H groups in total. The van der Waals surface area contributed by atoms with E-state index < -0.39 is 15.5 Å². The highest BCUT2D eigenvalue weighted by molar-refractivity contribution is 7.86. The van der Waals surface area contributed by atoms with Crippen LogP contribution in [0, 0.1) is 5.92 Å². The van der Waals surface area contributed by atoms with E-state index in [1.165, 1.54) is 0 Å². The van der Waals surface area contributed by atoms with Crippen molar-refractivity contribution >= 4 is 10.1 Å². The van der Waals surface area contributed by atoms with Crippen LogP contribution < -0.4 is 5.73 Å². The maximum absolute atomic E-state index is 10.5. The molecule has 0 saturated heterocycles. The first kappa shape index (κ1) is 12.9. The van der Waals surface area contributed by atoms with Gasteiger partial charge < -0.3 is 5.73 Å². The second-order valence-corrected chi connectivity index (χ2v) is 5.37. The van der Waals surface area contributed by atoms with E-state index in [1.54, 1.807) is 0 Å². The molecule has 0 saturated carbocycles. The molecule has 0 heterocycles. The van der Waals surface area contributed by atoms with Crippen molar-refractivity contribution in [2.24, 2.45) is 11.7 Å². The van der Waals surface area contributed by atoms with Crippen molar-refractivity contribution in [1.82, 2.24) is 0 Å². The molecule has 0 spiro atoms. The zero-order valence-electron chi connectivity index (χ0n) is 8.23. The average molecular weight is 209 g/mol. The average Bonchev–Trinajstić information content (AvgIpc) is 1.95. The predicted molar refractivity (Wildman–Crippen MR) is 52.8 cm³/mol. The van der Waals surface area contributed by atoms with E-state index in [4.69, 9.17) is 10.3 Å². The van der Waals surface area contributed by atoms with Crippen molar-refractivity contribution in [2.45, 2.75) is 44.9 Å². The summed E-state index contributed by atoms with van der Waals surface area (Å²) < 4.78 is 29.5. The summed E-state index contributed by atoms with van der Waals surface area (Å²) in [5.74, 6) is 0.627. The number of rotatable bonds is 6. The predicted octanol–water partition coefficient (Wildman–Crippen LogP) is 1.38. The molecule has 80 valence electrons. The van der Waals surface area contributed by atoms with E-state index in [-0.39, 0.29) is 0 Å². The summed E-state index contributed by atoms with van der Waals surface area (Å²) >= 11 is 0. The van der Waals surface area contributed by atoms with Gasteiger partial charge in [-0.3, -0.25) is 4.55 Å². The molecule has 0 rings (SSSR count). The van der Waals surface area contributed by atoms with Crippen LogP contribution in [0.1, 0.15) is 39.5 Å². The first-order valence-corrected chi connectivity index (χ1v) is 6.06. The molecular formula is C8H19NO3S. The molecule has 0 aliphatic rings. The fourth-order valence-electron chi connectivity index (χ4n) is 1.05. The molecule has 0 aliphatic carbocycles. The van der Waals surface area contributed by atoms with Crippen molar-refractivity contribution < 1.29 is 13.0 Å². The Balaban J connectivity index is 3.55. The van der Waals surface area contributed by atoms with Crippen LogP contribution in [0.15, 0.2) is 0 Å². The number of unbranched alkanes of at least 4 members (excludes halogenated alkanes) is 1. The van der Waals surface area contributed by atoms with Crippen LogP contribution in [0.2, 0.25) is 0 Å². The molecule has 0 aromatic carbocycles. The molecule has 1 atom stereocenters. The maximum atomic E-state index is 10.5. The quantitative estimate of drug-likeness (QED) is 0.511. The Morgan fingerprint density at radius 1 is 1.23 bits per heavy atom. The summed E-state index contributed by atoms with van der Waals surface area (Å²) in [6, 6.07) is 0. The van der Waals surface area contributed by atoms with Gasteiger partial charge in [-0.15, -0.1) is 0 Å². The Hall–Kier alpha value is -0.130. The highest BCUT2D eigenvalue weighted by atomic mass is 32.2. The number of hydrogen-bond donors (Lipinski definition) is 2. The van der Waals surface area contributed by atoms with E-state index >= 15 is 0 Å². The Morgan fingerprint density at radius 2 is 1.69 bits per heavy atom. The largest absolute Gasteiger partial charge is 0.313 e. The van der Waals surface area contributed by atoms with Gasteiger partial charge in [0.15, 0.2) is 0 Å². The number of nitrogens with two attached hydrogens (primary N) is 1. The van der Waals surface area contributed by atoms with E-state index in [0.29, 0.717) is 12.3 Å². The Bertz CT molecular complexity index is 224. The van der Waals surface area contributed by atoms with Gasteiger partial charge in [-0.05, 0) is 12.3 Å². The molecule has 0 aliphatic heterocycles. The molecule has 0 bridgehead atoms. The normalized spacial score (nSPS) is 14.8. The van der Waals surface area contributed by atoms with Gasteiger partial charge in [0.2, 0.25) is 0 Å².